The smallest absolute Gasteiger partial charge is 0.262 e. The number of sulfonamides is 1. The maximum Gasteiger partial charge on any atom is 0.262 e. The molecule has 2 aromatic carbocycles. The predicted molar refractivity (Wildman–Crippen MR) is 89.2 cm³/mol. The van der Waals surface area contributed by atoms with E-state index in [1.165, 1.54) is 0 Å². The highest BCUT2D eigenvalue weighted by Crippen LogP contribution is 2.28. The number of nitrogens with one attached hydrogen (secondary N) is 1. The Morgan fingerprint density at radius 1 is 0.909 bits per heavy atom. The molecule has 118 valence electrons. The van der Waals surface area contributed by atoms with Gasteiger partial charge in [0, 0.05) is 5.69 Å². The van der Waals surface area contributed by atoms with Gasteiger partial charge in [-0.25, -0.2) is 8.42 Å². The summed E-state index contributed by atoms with van der Waals surface area (Å²) in [4.78, 5) is 0.268. The zero-order valence-corrected chi connectivity index (χ0v) is 14.3. The van der Waals surface area contributed by atoms with Crippen LogP contribution in [0.2, 0.25) is 0 Å². The fraction of sp³-hybridized carbons (Fsp3) is 0.294. The first-order valence-electron chi connectivity index (χ1n) is 7.00. The van der Waals surface area contributed by atoms with Crippen LogP contribution in [0.3, 0.4) is 0 Å². The first-order chi connectivity index (χ1) is 10.3. The molecule has 4 nitrogen and oxygen atoms in total. The first-order valence-corrected chi connectivity index (χ1v) is 8.49. The number of aryl methyl sites for hydroxylation is 2. The summed E-state index contributed by atoms with van der Waals surface area (Å²) in [5.74, 6) is 0.683. The summed E-state index contributed by atoms with van der Waals surface area (Å²) < 4.78 is 33.1. The van der Waals surface area contributed by atoms with Crippen molar-refractivity contribution in [3.05, 3.63) is 52.6 Å². The summed E-state index contributed by atoms with van der Waals surface area (Å²) in [6, 6.07) is 8.76. The standard InChI is InChI=1S/C17H21NO3S/c1-11-6-7-15(10-12(11)2)18-22(19,20)17-9-8-16(21-5)13(3)14(17)4/h6-10,18H,1-5H3. The SMILES string of the molecule is COc1ccc(S(=O)(=O)Nc2ccc(C)c(C)c2)c(C)c1C. The van der Waals surface area contributed by atoms with Gasteiger partial charge in [0.1, 0.15) is 5.75 Å². The normalized spacial score (nSPS) is 11.3. The molecular weight excluding hydrogens is 298 g/mol. The number of anilines is 1. The Bertz CT molecular complexity index is 811. The van der Waals surface area contributed by atoms with Crippen LogP contribution in [0.5, 0.6) is 5.75 Å². The fourth-order valence-electron chi connectivity index (χ4n) is 2.30. The van der Waals surface area contributed by atoms with Crippen LogP contribution in [0.15, 0.2) is 35.2 Å². The van der Waals surface area contributed by atoms with E-state index in [1.807, 2.05) is 32.9 Å². The molecule has 22 heavy (non-hydrogen) atoms. The molecule has 0 atom stereocenters. The van der Waals surface area contributed by atoms with Crippen LogP contribution >= 0.6 is 0 Å². The average Bonchev–Trinajstić information content (AvgIpc) is 2.45. The van der Waals surface area contributed by atoms with Crippen LogP contribution in [0.25, 0.3) is 0 Å². The Labute approximate surface area is 132 Å². The second kappa shape index (κ2) is 6.01. The number of hydrogen-bond acceptors (Lipinski definition) is 3. The first kappa shape index (κ1) is 16.4. The lowest BCUT2D eigenvalue weighted by Gasteiger charge is -2.15. The zero-order valence-electron chi connectivity index (χ0n) is 13.5. The predicted octanol–water partition coefficient (Wildman–Crippen LogP) is 3.73. The second-order valence-electron chi connectivity index (χ2n) is 5.42. The largest absolute Gasteiger partial charge is 0.496 e. The van der Waals surface area contributed by atoms with E-state index in [1.54, 1.807) is 32.2 Å². The van der Waals surface area contributed by atoms with E-state index >= 15 is 0 Å². The minimum Gasteiger partial charge on any atom is -0.496 e. The molecule has 5 heteroatoms. The van der Waals surface area contributed by atoms with Gasteiger partial charge in [-0.2, -0.15) is 0 Å². The van der Waals surface area contributed by atoms with Gasteiger partial charge in [0.25, 0.3) is 10.0 Å². The molecule has 0 fully saturated rings. The highest BCUT2D eigenvalue weighted by Gasteiger charge is 2.19. The van der Waals surface area contributed by atoms with Gasteiger partial charge in [0.2, 0.25) is 0 Å². The lowest BCUT2D eigenvalue weighted by Crippen LogP contribution is -2.15. The quantitative estimate of drug-likeness (QED) is 0.934. The monoisotopic (exact) mass is 319 g/mol. The summed E-state index contributed by atoms with van der Waals surface area (Å²) in [5.41, 5.74) is 4.25. The fourth-order valence-corrected chi connectivity index (χ4v) is 3.65. The van der Waals surface area contributed by atoms with E-state index in [0.29, 0.717) is 17.0 Å². The van der Waals surface area contributed by atoms with E-state index in [4.69, 9.17) is 4.74 Å². The van der Waals surface area contributed by atoms with Gasteiger partial charge in [-0.15, -0.1) is 0 Å². The minimum atomic E-state index is -3.63. The zero-order chi connectivity index (χ0) is 16.5. The molecule has 0 bridgehead atoms. The minimum absolute atomic E-state index is 0.268. The molecule has 1 N–H and O–H groups in total. The summed E-state index contributed by atoms with van der Waals surface area (Å²) in [5, 5.41) is 0. The van der Waals surface area contributed by atoms with E-state index < -0.39 is 10.0 Å². The molecule has 0 aliphatic heterocycles. The van der Waals surface area contributed by atoms with Gasteiger partial charge in [0.05, 0.1) is 12.0 Å². The van der Waals surface area contributed by atoms with Crippen LogP contribution < -0.4 is 9.46 Å². The van der Waals surface area contributed by atoms with Crippen molar-refractivity contribution >= 4 is 15.7 Å². The van der Waals surface area contributed by atoms with E-state index in [0.717, 1.165) is 16.7 Å². The van der Waals surface area contributed by atoms with Crippen molar-refractivity contribution in [2.24, 2.45) is 0 Å². The Hall–Kier alpha value is -2.01. The number of hydrogen-bond donors (Lipinski definition) is 1. The molecule has 0 radical (unpaired) electrons. The van der Waals surface area contributed by atoms with Crippen LogP contribution in [-0.2, 0) is 10.0 Å². The van der Waals surface area contributed by atoms with Crippen molar-refractivity contribution in [3.63, 3.8) is 0 Å². The molecule has 0 heterocycles. The molecule has 0 aliphatic rings. The number of rotatable bonds is 4. The van der Waals surface area contributed by atoms with Gasteiger partial charge >= 0.3 is 0 Å². The lowest BCUT2D eigenvalue weighted by atomic mass is 10.1. The lowest BCUT2D eigenvalue weighted by molar-refractivity contribution is 0.411. The highest BCUT2D eigenvalue weighted by atomic mass is 32.2. The molecule has 0 amide bonds. The van der Waals surface area contributed by atoms with E-state index in [-0.39, 0.29) is 4.90 Å². The van der Waals surface area contributed by atoms with Crippen LogP contribution in [0.1, 0.15) is 22.3 Å². The van der Waals surface area contributed by atoms with Crippen molar-refractivity contribution in [1.29, 1.82) is 0 Å². The van der Waals surface area contributed by atoms with Crippen molar-refractivity contribution in [2.75, 3.05) is 11.8 Å². The van der Waals surface area contributed by atoms with Gasteiger partial charge in [-0.3, -0.25) is 4.72 Å². The molecule has 0 unspecified atom stereocenters. The van der Waals surface area contributed by atoms with Crippen molar-refractivity contribution in [2.45, 2.75) is 32.6 Å². The topological polar surface area (TPSA) is 55.4 Å². The average molecular weight is 319 g/mol. The Kier molecular flexibility index (Phi) is 4.47. The van der Waals surface area contributed by atoms with Gasteiger partial charge in [0.15, 0.2) is 0 Å². The molecule has 0 aliphatic carbocycles. The van der Waals surface area contributed by atoms with Crippen LogP contribution in [0, 0.1) is 27.7 Å². The Morgan fingerprint density at radius 3 is 2.18 bits per heavy atom. The van der Waals surface area contributed by atoms with Crippen molar-refractivity contribution < 1.29 is 13.2 Å². The summed E-state index contributed by atoms with van der Waals surface area (Å²) in [6.45, 7) is 7.58. The Balaban J connectivity index is 2.42. The Morgan fingerprint density at radius 2 is 1.59 bits per heavy atom. The van der Waals surface area contributed by atoms with Crippen molar-refractivity contribution in [1.82, 2.24) is 0 Å². The summed E-state index contributed by atoms with van der Waals surface area (Å²) in [7, 11) is -2.05. The molecule has 0 aromatic heterocycles. The maximum absolute atomic E-state index is 12.6. The highest BCUT2D eigenvalue weighted by molar-refractivity contribution is 7.92. The van der Waals surface area contributed by atoms with Gasteiger partial charge in [-0.05, 0) is 74.2 Å². The molecule has 0 saturated carbocycles. The van der Waals surface area contributed by atoms with Gasteiger partial charge < -0.3 is 4.74 Å². The van der Waals surface area contributed by atoms with E-state index in [9.17, 15) is 8.42 Å². The third kappa shape index (κ3) is 3.09. The molecule has 0 saturated heterocycles. The molecule has 2 rings (SSSR count). The summed E-state index contributed by atoms with van der Waals surface area (Å²) in [6.07, 6.45) is 0. The second-order valence-corrected chi connectivity index (χ2v) is 7.07. The van der Waals surface area contributed by atoms with Crippen LogP contribution in [0.4, 0.5) is 5.69 Å². The number of methoxy groups -OCH3 is 1. The van der Waals surface area contributed by atoms with Crippen molar-refractivity contribution in [3.8, 4) is 5.75 Å². The van der Waals surface area contributed by atoms with Gasteiger partial charge in [-0.1, -0.05) is 6.07 Å². The number of ether oxygens (including phenoxy) is 1. The molecule has 2 aromatic rings. The molecule has 0 spiro atoms. The number of benzene rings is 2. The van der Waals surface area contributed by atoms with Crippen LogP contribution in [-0.4, -0.2) is 15.5 Å². The third-order valence-corrected chi connectivity index (χ3v) is 5.48. The maximum atomic E-state index is 12.6. The molecular formula is C17H21NO3S. The summed E-state index contributed by atoms with van der Waals surface area (Å²) >= 11 is 0. The third-order valence-electron chi connectivity index (χ3n) is 3.96. The van der Waals surface area contributed by atoms with E-state index in [2.05, 4.69) is 4.72 Å².